The second-order valence-electron chi connectivity index (χ2n) is 5.06. The minimum atomic E-state index is -0.0334. The third-order valence-electron chi connectivity index (χ3n) is 3.71. The number of hydrogen-bond acceptors (Lipinski definition) is 3. The monoisotopic (exact) mass is 269 g/mol. The predicted molar refractivity (Wildman–Crippen MR) is 74.4 cm³/mol. The minimum Gasteiger partial charge on any atom is -0.363 e. The molecule has 0 fully saturated rings. The van der Waals surface area contributed by atoms with Crippen LogP contribution in [0.4, 0.5) is 0 Å². The van der Waals surface area contributed by atoms with E-state index in [-0.39, 0.29) is 11.3 Å². The van der Waals surface area contributed by atoms with Gasteiger partial charge < -0.3 is 9.88 Å². The van der Waals surface area contributed by atoms with Gasteiger partial charge in [-0.1, -0.05) is 0 Å². The molecule has 2 aromatic rings. The molecule has 20 heavy (non-hydrogen) atoms. The van der Waals surface area contributed by atoms with Gasteiger partial charge in [0.15, 0.2) is 5.43 Å². The first-order chi connectivity index (χ1) is 9.58. The first-order valence-electron chi connectivity index (χ1n) is 6.49. The van der Waals surface area contributed by atoms with Crippen molar-refractivity contribution in [2.75, 3.05) is 0 Å². The van der Waals surface area contributed by atoms with Crippen LogP contribution >= 0.6 is 0 Å². The maximum Gasteiger partial charge on any atom is 0.256 e. The third-order valence-corrected chi connectivity index (χ3v) is 3.71. The smallest absolute Gasteiger partial charge is 0.256 e. The minimum absolute atomic E-state index is 0.0287. The van der Waals surface area contributed by atoms with Crippen molar-refractivity contribution in [1.29, 1.82) is 0 Å². The number of H-pyrrole nitrogens is 1. The highest BCUT2D eigenvalue weighted by atomic mass is 16.2. The molecule has 0 bridgehead atoms. The number of carbonyl (C=O) groups is 1. The summed E-state index contributed by atoms with van der Waals surface area (Å²) in [4.78, 5) is 33.2. The van der Waals surface area contributed by atoms with Crippen LogP contribution < -0.4 is 5.43 Å². The Morgan fingerprint density at radius 3 is 2.90 bits per heavy atom. The number of aryl methyl sites for hydroxylation is 1. The van der Waals surface area contributed by atoms with Crippen molar-refractivity contribution in [2.45, 2.75) is 26.9 Å². The highest BCUT2D eigenvalue weighted by molar-refractivity contribution is 5.97. The van der Waals surface area contributed by atoms with Crippen molar-refractivity contribution in [1.82, 2.24) is 14.9 Å². The van der Waals surface area contributed by atoms with Gasteiger partial charge in [0.1, 0.15) is 0 Å². The Bertz CT molecular complexity index is 749. The van der Waals surface area contributed by atoms with Crippen molar-refractivity contribution in [3.05, 3.63) is 62.8 Å². The molecule has 0 spiro atoms. The lowest BCUT2D eigenvalue weighted by atomic mass is 10.1. The van der Waals surface area contributed by atoms with E-state index < -0.39 is 0 Å². The molecule has 0 atom stereocenters. The largest absolute Gasteiger partial charge is 0.363 e. The number of nitrogens with zero attached hydrogens (tertiary/aromatic N) is 2. The van der Waals surface area contributed by atoms with Gasteiger partial charge in [-0.3, -0.25) is 14.6 Å². The van der Waals surface area contributed by atoms with Crippen molar-refractivity contribution in [3.8, 4) is 0 Å². The lowest BCUT2D eigenvalue weighted by Crippen LogP contribution is -2.26. The molecule has 5 heteroatoms. The van der Waals surface area contributed by atoms with Crippen molar-refractivity contribution in [3.63, 3.8) is 0 Å². The van der Waals surface area contributed by atoms with Crippen LogP contribution in [0.3, 0.4) is 0 Å². The lowest BCUT2D eigenvalue weighted by molar-refractivity contribution is 0.0764. The van der Waals surface area contributed by atoms with Crippen molar-refractivity contribution in [2.24, 2.45) is 0 Å². The molecule has 0 aromatic carbocycles. The fraction of sp³-hybridized carbons (Fsp3) is 0.267. The average molecular weight is 269 g/mol. The summed E-state index contributed by atoms with van der Waals surface area (Å²) < 4.78 is 0. The third kappa shape index (κ3) is 1.91. The molecule has 1 aliphatic rings. The lowest BCUT2D eigenvalue weighted by Gasteiger charge is -2.16. The summed E-state index contributed by atoms with van der Waals surface area (Å²) in [5, 5.41) is 0. The number of aromatic nitrogens is 2. The molecule has 5 nitrogen and oxygen atoms in total. The Morgan fingerprint density at radius 2 is 2.15 bits per heavy atom. The van der Waals surface area contributed by atoms with Gasteiger partial charge in [-0.05, 0) is 26.0 Å². The van der Waals surface area contributed by atoms with Crippen LogP contribution in [-0.4, -0.2) is 20.8 Å². The number of nitrogens with one attached hydrogen (secondary N) is 1. The Hall–Kier alpha value is -2.43. The zero-order valence-corrected chi connectivity index (χ0v) is 11.4. The highest BCUT2D eigenvalue weighted by Crippen LogP contribution is 2.22. The maximum absolute atomic E-state index is 12.3. The summed E-state index contributed by atoms with van der Waals surface area (Å²) in [6.07, 6.45) is 3.38. The number of carbonyl (C=O) groups excluding carboxylic acids is 1. The normalized spacial score (nSPS) is 13.7. The Balaban J connectivity index is 1.90. The van der Waals surface area contributed by atoms with Gasteiger partial charge in [-0.15, -0.1) is 0 Å². The number of pyridine rings is 2. The second-order valence-corrected chi connectivity index (χ2v) is 5.06. The second kappa shape index (κ2) is 4.59. The average Bonchev–Trinajstić information content (AvgIpc) is 2.77. The molecule has 2 aromatic heterocycles. The van der Waals surface area contributed by atoms with Gasteiger partial charge in [-0.2, -0.15) is 0 Å². The summed E-state index contributed by atoms with van der Waals surface area (Å²) in [5.41, 5.74) is 3.61. The van der Waals surface area contributed by atoms with E-state index in [4.69, 9.17) is 0 Å². The molecule has 3 rings (SSSR count). The molecule has 1 aliphatic heterocycles. The maximum atomic E-state index is 12.3. The molecular weight excluding hydrogens is 254 g/mol. The number of aromatic amines is 1. The van der Waals surface area contributed by atoms with Gasteiger partial charge in [0.05, 0.1) is 24.3 Å². The predicted octanol–water partition coefficient (Wildman–Crippen LogP) is 1.54. The standard InChI is InChI=1S/C15H15N3O2/c1-9-6-17-12(10(2)14(9)19)7-18-8-13-11(15(18)20)4-3-5-16-13/h3-6H,7-8H2,1-2H3,(H,17,19). The molecule has 0 saturated heterocycles. The van der Waals surface area contributed by atoms with E-state index in [0.29, 0.717) is 29.8 Å². The number of amides is 1. The van der Waals surface area contributed by atoms with Crippen molar-refractivity contribution < 1.29 is 4.79 Å². The van der Waals surface area contributed by atoms with E-state index in [1.807, 2.05) is 0 Å². The van der Waals surface area contributed by atoms with Crippen LogP contribution in [0.15, 0.2) is 29.3 Å². The highest BCUT2D eigenvalue weighted by Gasteiger charge is 2.28. The molecule has 3 heterocycles. The fourth-order valence-corrected chi connectivity index (χ4v) is 2.47. The summed E-state index contributed by atoms with van der Waals surface area (Å²) in [5.74, 6) is -0.0334. The summed E-state index contributed by atoms with van der Waals surface area (Å²) in [6.45, 7) is 4.45. The molecule has 0 saturated carbocycles. The molecule has 1 amide bonds. The molecule has 0 unspecified atom stereocenters. The summed E-state index contributed by atoms with van der Waals surface area (Å²) in [7, 11) is 0. The molecule has 1 N–H and O–H groups in total. The number of fused-ring (bicyclic) bond motifs is 1. The number of hydrogen-bond donors (Lipinski definition) is 1. The Morgan fingerprint density at radius 1 is 1.35 bits per heavy atom. The summed E-state index contributed by atoms with van der Waals surface area (Å²) in [6, 6.07) is 3.55. The zero-order chi connectivity index (χ0) is 14.3. The zero-order valence-electron chi connectivity index (χ0n) is 11.4. The van der Waals surface area contributed by atoms with Gasteiger partial charge in [0.25, 0.3) is 5.91 Å². The van der Waals surface area contributed by atoms with Crippen LogP contribution in [-0.2, 0) is 13.1 Å². The van der Waals surface area contributed by atoms with E-state index in [1.165, 1.54) is 0 Å². The molecule has 0 radical (unpaired) electrons. The molecule has 102 valence electrons. The van der Waals surface area contributed by atoms with Gasteiger partial charge in [0.2, 0.25) is 0 Å². The fourth-order valence-electron chi connectivity index (χ4n) is 2.47. The van der Waals surface area contributed by atoms with Gasteiger partial charge in [-0.25, -0.2) is 0 Å². The van der Waals surface area contributed by atoms with Gasteiger partial charge in [0, 0.05) is 29.2 Å². The quantitative estimate of drug-likeness (QED) is 0.899. The first-order valence-corrected chi connectivity index (χ1v) is 6.49. The van der Waals surface area contributed by atoms with E-state index in [2.05, 4.69) is 9.97 Å². The molecular formula is C15H15N3O2. The van der Waals surface area contributed by atoms with Crippen LogP contribution in [0.2, 0.25) is 0 Å². The first kappa shape index (κ1) is 12.6. The molecule has 0 aliphatic carbocycles. The van der Waals surface area contributed by atoms with Crippen LogP contribution in [0.5, 0.6) is 0 Å². The van der Waals surface area contributed by atoms with E-state index >= 15 is 0 Å². The Labute approximate surface area is 116 Å². The van der Waals surface area contributed by atoms with E-state index in [9.17, 15) is 9.59 Å². The Kier molecular flexibility index (Phi) is 2.89. The SMILES string of the molecule is Cc1c[nH]c(CN2Cc3ncccc3C2=O)c(C)c1=O. The van der Waals surface area contributed by atoms with Crippen LogP contribution in [0, 0.1) is 13.8 Å². The topological polar surface area (TPSA) is 66.1 Å². The number of rotatable bonds is 2. The van der Waals surface area contributed by atoms with Crippen LogP contribution in [0.25, 0.3) is 0 Å². The van der Waals surface area contributed by atoms with Crippen LogP contribution in [0.1, 0.15) is 32.9 Å². The van der Waals surface area contributed by atoms with Crippen molar-refractivity contribution >= 4 is 5.91 Å². The van der Waals surface area contributed by atoms with Gasteiger partial charge >= 0.3 is 0 Å². The summed E-state index contributed by atoms with van der Waals surface area (Å²) >= 11 is 0. The van der Waals surface area contributed by atoms with E-state index in [0.717, 1.165) is 11.4 Å². The van der Waals surface area contributed by atoms with E-state index in [1.54, 1.807) is 43.3 Å².